The molecule has 0 unspecified atom stereocenters. The van der Waals surface area contributed by atoms with Crippen molar-refractivity contribution in [2.24, 2.45) is 0 Å². The molecule has 0 radical (unpaired) electrons. The fourth-order valence-electron chi connectivity index (χ4n) is 2.08. The molecule has 0 aliphatic carbocycles. The Bertz CT molecular complexity index is 761. The van der Waals surface area contributed by atoms with Crippen molar-refractivity contribution in [2.45, 2.75) is 19.6 Å². The summed E-state index contributed by atoms with van der Waals surface area (Å²) >= 11 is 3.14. The smallest absolute Gasteiger partial charge is 0.342 e. The summed E-state index contributed by atoms with van der Waals surface area (Å²) in [6.45, 7) is 2.14. The van der Waals surface area contributed by atoms with Crippen LogP contribution in [0.1, 0.15) is 17.3 Å². The topological polar surface area (TPSA) is 95.3 Å². The predicted molar refractivity (Wildman–Crippen MR) is 83.2 cm³/mol. The average molecular weight is 381 g/mol. The molecule has 0 spiro atoms. The maximum Gasteiger partial charge on any atom is 0.342 e. The highest BCUT2D eigenvalue weighted by atomic mass is 79.9. The van der Waals surface area contributed by atoms with E-state index in [-0.39, 0.29) is 18.1 Å². The van der Waals surface area contributed by atoms with E-state index >= 15 is 0 Å². The van der Waals surface area contributed by atoms with Gasteiger partial charge in [-0.15, -0.1) is 5.10 Å². The molecule has 3 rings (SSSR count). The Balaban J connectivity index is 1.68. The van der Waals surface area contributed by atoms with Crippen molar-refractivity contribution in [2.75, 3.05) is 11.9 Å². The number of ether oxygens (including phenoxy) is 2. The monoisotopic (exact) mass is 380 g/mol. The van der Waals surface area contributed by atoms with E-state index < -0.39 is 12.1 Å². The van der Waals surface area contributed by atoms with Gasteiger partial charge >= 0.3 is 5.97 Å². The first-order valence-corrected chi connectivity index (χ1v) is 7.66. The summed E-state index contributed by atoms with van der Waals surface area (Å²) in [5, 5.41) is 6.72. The minimum Gasteiger partial charge on any atom is -0.478 e. The van der Waals surface area contributed by atoms with Gasteiger partial charge in [-0.1, -0.05) is 6.07 Å². The van der Waals surface area contributed by atoms with Gasteiger partial charge in [0.15, 0.2) is 11.9 Å². The second kappa shape index (κ2) is 6.37. The van der Waals surface area contributed by atoms with Crippen LogP contribution in [0.4, 0.5) is 5.69 Å². The average Bonchev–Trinajstić information content (AvgIpc) is 2.93. The molecule has 120 valence electrons. The first-order valence-electron chi connectivity index (χ1n) is 6.87. The van der Waals surface area contributed by atoms with Crippen LogP contribution in [0.2, 0.25) is 0 Å². The van der Waals surface area contributed by atoms with Crippen molar-refractivity contribution in [3.05, 3.63) is 34.8 Å². The van der Waals surface area contributed by atoms with Crippen LogP contribution in [0.25, 0.3) is 0 Å². The number of carbonyl (C=O) groups is 2. The number of benzene rings is 1. The minimum atomic E-state index is -0.663. The fourth-order valence-corrected chi connectivity index (χ4v) is 2.37. The van der Waals surface area contributed by atoms with Gasteiger partial charge in [0, 0.05) is 0 Å². The van der Waals surface area contributed by atoms with Gasteiger partial charge < -0.3 is 14.8 Å². The molecule has 1 aromatic carbocycles. The number of nitrogens with one attached hydrogen (secondary N) is 1. The van der Waals surface area contributed by atoms with E-state index in [0.29, 0.717) is 22.7 Å². The number of anilines is 1. The quantitative estimate of drug-likeness (QED) is 0.809. The van der Waals surface area contributed by atoms with Crippen LogP contribution in [0, 0.1) is 0 Å². The number of halogens is 1. The zero-order valence-electron chi connectivity index (χ0n) is 12.2. The molecule has 2 heterocycles. The standard InChI is InChI=1S/C14H13BrN4O4/c1-8-12(20)17-10-4-2-3-9(11(10)23-8)13(21)22-6-5-19-7-16-14(15)18-19/h2-4,7-8H,5-6H2,1H3,(H,17,20)/t8-/m1/s1. The van der Waals surface area contributed by atoms with Gasteiger partial charge in [0.1, 0.15) is 18.5 Å². The summed E-state index contributed by atoms with van der Waals surface area (Å²) in [5.41, 5.74) is 0.733. The number of rotatable bonds is 4. The van der Waals surface area contributed by atoms with Crippen molar-refractivity contribution in [1.29, 1.82) is 0 Å². The van der Waals surface area contributed by atoms with E-state index in [1.54, 1.807) is 29.8 Å². The molecule has 0 saturated carbocycles. The molecule has 1 aromatic heterocycles. The summed E-state index contributed by atoms with van der Waals surface area (Å²) < 4.78 is 12.8. The molecule has 1 atom stereocenters. The third-order valence-corrected chi connectivity index (χ3v) is 3.58. The molecular formula is C14H13BrN4O4. The first kappa shape index (κ1) is 15.5. The normalized spacial score (nSPS) is 16.3. The Labute approximate surface area is 139 Å². The Morgan fingerprint density at radius 2 is 2.35 bits per heavy atom. The highest BCUT2D eigenvalue weighted by Crippen LogP contribution is 2.33. The van der Waals surface area contributed by atoms with E-state index in [1.165, 1.54) is 6.33 Å². The lowest BCUT2D eigenvalue weighted by Gasteiger charge is -2.24. The predicted octanol–water partition coefficient (Wildman–Crippen LogP) is 1.62. The lowest BCUT2D eigenvalue weighted by Crippen LogP contribution is -2.35. The number of fused-ring (bicyclic) bond motifs is 1. The lowest BCUT2D eigenvalue weighted by atomic mass is 10.1. The maximum absolute atomic E-state index is 12.2. The molecule has 0 bridgehead atoms. The maximum atomic E-state index is 12.2. The summed E-state index contributed by atoms with van der Waals surface area (Å²) in [5.74, 6) is -0.447. The first-order chi connectivity index (χ1) is 11.0. The van der Waals surface area contributed by atoms with Crippen LogP contribution < -0.4 is 10.1 Å². The number of para-hydroxylation sites is 1. The second-order valence-corrected chi connectivity index (χ2v) is 5.55. The van der Waals surface area contributed by atoms with Crippen molar-refractivity contribution >= 4 is 33.5 Å². The molecule has 23 heavy (non-hydrogen) atoms. The lowest BCUT2D eigenvalue weighted by molar-refractivity contribution is -0.122. The molecule has 0 fully saturated rings. The number of aromatic nitrogens is 3. The van der Waals surface area contributed by atoms with Gasteiger partial charge in [0.25, 0.3) is 5.91 Å². The summed E-state index contributed by atoms with van der Waals surface area (Å²) in [7, 11) is 0. The molecule has 1 aliphatic heterocycles. The molecule has 0 saturated heterocycles. The molecule has 1 N–H and O–H groups in total. The highest BCUT2D eigenvalue weighted by Gasteiger charge is 2.28. The van der Waals surface area contributed by atoms with Crippen molar-refractivity contribution < 1.29 is 19.1 Å². The molecule has 2 aromatic rings. The van der Waals surface area contributed by atoms with Crippen molar-refractivity contribution in [1.82, 2.24) is 14.8 Å². The highest BCUT2D eigenvalue weighted by molar-refractivity contribution is 9.10. The van der Waals surface area contributed by atoms with Gasteiger partial charge in [-0.3, -0.25) is 4.79 Å². The number of hydrogen-bond acceptors (Lipinski definition) is 6. The Kier molecular flexibility index (Phi) is 4.28. The van der Waals surface area contributed by atoms with E-state index in [1.807, 2.05) is 0 Å². The summed E-state index contributed by atoms with van der Waals surface area (Å²) in [6, 6.07) is 4.92. The zero-order chi connectivity index (χ0) is 16.4. The second-order valence-electron chi connectivity index (χ2n) is 4.84. The van der Waals surface area contributed by atoms with Gasteiger partial charge in [0.2, 0.25) is 4.73 Å². The van der Waals surface area contributed by atoms with E-state index in [4.69, 9.17) is 9.47 Å². The third-order valence-electron chi connectivity index (χ3n) is 3.22. The van der Waals surface area contributed by atoms with Crippen molar-refractivity contribution in [3.8, 4) is 5.75 Å². The molecule has 1 aliphatic rings. The van der Waals surface area contributed by atoms with Crippen LogP contribution in [0.5, 0.6) is 5.75 Å². The van der Waals surface area contributed by atoms with Crippen LogP contribution in [0.15, 0.2) is 29.3 Å². The number of nitrogens with zero attached hydrogens (tertiary/aromatic N) is 3. The molecule has 8 nitrogen and oxygen atoms in total. The minimum absolute atomic E-state index is 0.139. The molecule has 1 amide bonds. The van der Waals surface area contributed by atoms with E-state index in [0.717, 1.165) is 0 Å². The van der Waals surface area contributed by atoms with Gasteiger partial charge in [-0.05, 0) is 35.0 Å². The van der Waals surface area contributed by atoms with Crippen LogP contribution in [0.3, 0.4) is 0 Å². The summed E-state index contributed by atoms with van der Waals surface area (Å²) in [6.07, 6.45) is 0.867. The van der Waals surface area contributed by atoms with E-state index in [2.05, 4.69) is 31.3 Å². The third kappa shape index (κ3) is 3.34. The fraction of sp³-hybridized carbons (Fsp3) is 0.286. The molecular weight excluding hydrogens is 368 g/mol. The Hall–Kier alpha value is -2.42. The van der Waals surface area contributed by atoms with Crippen LogP contribution in [-0.4, -0.2) is 39.4 Å². The van der Waals surface area contributed by atoms with Gasteiger partial charge in [-0.2, -0.15) is 0 Å². The van der Waals surface area contributed by atoms with Gasteiger partial charge in [0.05, 0.1) is 12.2 Å². The van der Waals surface area contributed by atoms with Crippen LogP contribution in [-0.2, 0) is 16.1 Å². The van der Waals surface area contributed by atoms with Crippen molar-refractivity contribution in [3.63, 3.8) is 0 Å². The number of esters is 1. The SMILES string of the molecule is C[C@H]1Oc2c(cccc2C(=O)OCCn2cnc(Br)n2)NC1=O. The Morgan fingerprint density at radius 3 is 3.09 bits per heavy atom. The van der Waals surface area contributed by atoms with Crippen LogP contribution >= 0.6 is 15.9 Å². The number of amides is 1. The molecule has 9 heteroatoms. The van der Waals surface area contributed by atoms with E-state index in [9.17, 15) is 9.59 Å². The largest absolute Gasteiger partial charge is 0.478 e. The zero-order valence-corrected chi connectivity index (χ0v) is 13.7. The van der Waals surface area contributed by atoms with Gasteiger partial charge in [-0.25, -0.2) is 14.5 Å². The summed E-state index contributed by atoms with van der Waals surface area (Å²) in [4.78, 5) is 27.7. The number of hydrogen-bond donors (Lipinski definition) is 1. The Morgan fingerprint density at radius 1 is 1.52 bits per heavy atom. The number of carbonyl (C=O) groups excluding carboxylic acids is 2.